The number of hydrogen-bond acceptors (Lipinski definition) is 2. The summed E-state index contributed by atoms with van der Waals surface area (Å²) in [7, 11) is 0. The van der Waals surface area contributed by atoms with E-state index in [0.29, 0.717) is 19.6 Å². The van der Waals surface area contributed by atoms with Crippen LogP contribution in [0.4, 0.5) is 13.2 Å². The molecule has 1 rings (SSSR count). The third kappa shape index (κ3) is 2.67. The van der Waals surface area contributed by atoms with Crippen LogP contribution >= 0.6 is 0 Å². The summed E-state index contributed by atoms with van der Waals surface area (Å²) in [5.41, 5.74) is 0. The topological polar surface area (TPSA) is 24.1 Å². The Hall–Kier alpha value is -0.290. The molecule has 0 radical (unpaired) electrons. The zero-order valence-corrected chi connectivity index (χ0v) is 6.04. The lowest BCUT2D eigenvalue weighted by Gasteiger charge is -2.18. The van der Waals surface area contributed by atoms with Gasteiger partial charge in [0, 0.05) is 13.1 Å². The first kappa shape index (κ1) is 8.80. The van der Waals surface area contributed by atoms with Crippen LogP contribution in [0.2, 0.25) is 0 Å². The number of alkyl halides is 3. The normalized spacial score (nSPS) is 28.1. The van der Waals surface area contributed by atoms with E-state index < -0.39 is 12.2 Å². The van der Waals surface area contributed by atoms with Crippen LogP contribution in [0, 0.1) is 0 Å². The van der Waals surface area contributed by atoms with Gasteiger partial charge in [0.1, 0.15) is 6.04 Å². The van der Waals surface area contributed by atoms with Gasteiger partial charge in [0.25, 0.3) is 0 Å². The maximum absolute atomic E-state index is 12.0. The van der Waals surface area contributed by atoms with E-state index >= 15 is 0 Å². The molecule has 1 heterocycles. The molecule has 0 saturated carbocycles. The molecule has 0 aliphatic carbocycles. The quantitative estimate of drug-likeness (QED) is 0.550. The van der Waals surface area contributed by atoms with Crippen LogP contribution in [0.25, 0.3) is 0 Å². The maximum Gasteiger partial charge on any atom is 0.403 e. The molecule has 0 aromatic rings. The third-order valence-electron chi connectivity index (χ3n) is 1.70. The Bertz CT molecular complexity index is 115. The lowest BCUT2D eigenvalue weighted by atomic mass is 10.2. The van der Waals surface area contributed by atoms with Gasteiger partial charge in [-0.1, -0.05) is 0 Å². The second kappa shape index (κ2) is 3.40. The second-order valence-corrected chi connectivity index (χ2v) is 2.59. The van der Waals surface area contributed by atoms with Gasteiger partial charge in [-0.05, 0) is 13.0 Å². The van der Waals surface area contributed by atoms with Gasteiger partial charge < -0.3 is 10.6 Å². The molecule has 1 aliphatic rings. The summed E-state index contributed by atoms with van der Waals surface area (Å²) in [6.45, 7) is 1.45. The molecule has 1 saturated heterocycles. The summed E-state index contributed by atoms with van der Waals surface area (Å²) in [6, 6.07) is -1.32. The van der Waals surface area contributed by atoms with Crippen molar-refractivity contribution >= 4 is 0 Å². The van der Waals surface area contributed by atoms with Crippen LogP contribution in [0.1, 0.15) is 6.42 Å². The Morgan fingerprint density at radius 3 is 2.45 bits per heavy atom. The van der Waals surface area contributed by atoms with Crippen molar-refractivity contribution in [3.8, 4) is 0 Å². The first-order valence-electron chi connectivity index (χ1n) is 3.61. The van der Waals surface area contributed by atoms with Gasteiger partial charge in [-0.15, -0.1) is 0 Å². The van der Waals surface area contributed by atoms with Crippen LogP contribution in [0.5, 0.6) is 0 Å². The summed E-state index contributed by atoms with van der Waals surface area (Å²) in [4.78, 5) is 0. The summed E-state index contributed by atoms with van der Waals surface area (Å²) >= 11 is 0. The number of halogens is 3. The molecule has 11 heavy (non-hydrogen) atoms. The van der Waals surface area contributed by atoms with E-state index in [1.54, 1.807) is 0 Å². The van der Waals surface area contributed by atoms with Crippen LogP contribution in [-0.4, -0.2) is 31.9 Å². The van der Waals surface area contributed by atoms with E-state index in [9.17, 15) is 13.2 Å². The van der Waals surface area contributed by atoms with Crippen LogP contribution < -0.4 is 10.6 Å². The zero-order valence-electron chi connectivity index (χ0n) is 6.04. The Morgan fingerprint density at radius 1 is 1.09 bits per heavy atom. The highest BCUT2D eigenvalue weighted by Gasteiger charge is 2.38. The van der Waals surface area contributed by atoms with Crippen molar-refractivity contribution < 1.29 is 13.2 Å². The summed E-state index contributed by atoms with van der Waals surface area (Å²) in [6.07, 6.45) is -3.96. The molecule has 0 aromatic heterocycles. The minimum Gasteiger partial charge on any atom is -0.315 e. The van der Waals surface area contributed by atoms with Gasteiger partial charge >= 0.3 is 6.18 Å². The average Bonchev–Trinajstić information content (AvgIpc) is 2.10. The van der Waals surface area contributed by atoms with E-state index in [-0.39, 0.29) is 6.42 Å². The van der Waals surface area contributed by atoms with Gasteiger partial charge in [0.05, 0.1) is 0 Å². The van der Waals surface area contributed by atoms with Crippen molar-refractivity contribution in [1.29, 1.82) is 0 Å². The molecule has 66 valence electrons. The molecule has 1 fully saturated rings. The molecular formula is C6H11F3N2. The summed E-state index contributed by atoms with van der Waals surface area (Å²) in [5, 5.41) is 5.32. The number of rotatable bonds is 0. The monoisotopic (exact) mass is 168 g/mol. The number of hydrogen-bond donors (Lipinski definition) is 2. The van der Waals surface area contributed by atoms with Gasteiger partial charge in [-0.25, -0.2) is 0 Å². The van der Waals surface area contributed by atoms with Crippen molar-refractivity contribution in [3.63, 3.8) is 0 Å². The standard InChI is InChI=1S/C6H11F3N2/c7-6(8,9)5-1-2-10-3-4-11-5/h5,10-11H,1-4H2. The predicted molar refractivity (Wildman–Crippen MR) is 35.3 cm³/mol. The molecule has 2 N–H and O–H groups in total. The Labute approximate surface area is 63.2 Å². The molecule has 1 atom stereocenters. The van der Waals surface area contributed by atoms with E-state index in [2.05, 4.69) is 10.6 Å². The lowest BCUT2D eigenvalue weighted by molar-refractivity contribution is -0.155. The first-order chi connectivity index (χ1) is 5.11. The fourth-order valence-electron chi connectivity index (χ4n) is 1.09. The van der Waals surface area contributed by atoms with Crippen molar-refractivity contribution in [2.45, 2.75) is 18.6 Å². The maximum atomic E-state index is 12.0. The van der Waals surface area contributed by atoms with Crippen molar-refractivity contribution in [2.75, 3.05) is 19.6 Å². The molecule has 0 aromatic carbocycles. The minimum absolute atomic E-state index is 0.128. The molecule has 0 amide bonds. The SMILES string of the molecule is FC(F)(F)C1CCNCCN1. The predicted octanol–water partition coefficient (Wildman–Crippen LogP) is 0.500. The Kier molecular flexibility index (Phi) is 2.72. The highest BCUT2D eigenvalue weighted by molar-refractivity contribution is 4.78. The van der Waals surface area contributed by atoms with E-state index in [4.69, 9.17) is 0 Å². The zero-order chi connectivity index (χ0) is 8.32. The van der Waals surface area contributed by atoms with Crippen molar-refractivity contribution in [1.82, 2.24) is 10.6 Å². The smallest absolute Gasteiger partial charge is 0.315 e. The highest BCUT2D eigenvalue weighted by Crippen LogP contribution is 2.22. The second-order valence-electron chi connectivity index (χ2n) is 2.59. The first-order valence-corrected chi connectivity index (χ1v) is 3.61. The van der Waals surface area contributed by atoms with Crippen molar-refractivity contribution in [3.05, 3.63) is 0 Å². The van der Waals surface area contributed by atoms with Crippen LogP contribution in [-0.2, 0) is 0 Å². The minimum atomic E-state index is -4.09. The highest BCUT2D eigenvalue weighted by atomic mass is 19.4. The van der Waals surface area contributed by atoms with Gasteiger partial charge in [-0.3, -0.25) is 0 Å². The summed E-state index contributed by atoms with van der Waals surface area (Å²) < 4.78 is 36.1. The fraction of sp³-hybridized carbons (Fsp3) is 1.00. The van der Waals surface area contributed by atoms with Gasteiger partial charge in [0.2, 0.25) is 0 Å². The van der Waals surface area contributed by atoms with Gasteiger partial charge in [0.15, 0.2) is 0 Å². The number of nitrogens with one attached hydrogen (secondary N) is 2. The largest absolute Gasteiger partial charge is 0.403 e. The Morgan fingerprint density at radius 2 is 1.82 bits per heavy atom. The lowest BCUT2D eigenvalue weighted by Crippen LogP contribution is -2.42. The molecule has 0 spiro atoms. The van der Waals surface area contributed by atoms with E-state index in [0.717, 1.165) is 0 Å². The van der Waals surface area contributed by atoms with Crippen molar-refractivity contribution in [2.24, 2.45) is 0 Å². The van der Waals surface area contributed by atoms with E-state index in [1.807, 2.05) is 0 Å². The summed E-state index contributed by atoms with van der Waals surface area (Å²) in [5.74, 6) is 0. The van der Waals surface area contributed by atoms with Gasteiger partial charge in [-0.2, -0.15) is 13.2 Å². The molecular weight excluding hydrogens is 157 g/mol. The molecule has 1 unspecified atom stereocenters. The van der Waals surface area contributed by atoms with Crippen LogP contribution in [0.15, 0.2) is 0 Å². The Balaban J connectivity index is 2.43. The molecule has 1 aliphatic heterocycles. The fourth-order valence-corrected chi connectivity index (χ4v) is 1.09. The van der Waals surface area contributed by atoms with Crippen LogP contribution in [0.3, 0.4) is 0 Å². The third-order valence-corrected chi connectivity index (χ3v) is 1.70. The molecule has 0 bridgehead atoms. The molecule has 2 nitrogen and oxygen atoms in total. The average molecular weight is 168 g/mol. The van der Waals surface area contributed by atoms with E-state index in [1.165, 1.54) is 0 Å². The molecule has 5 heteroatoms.